The first-order valence-electron chi connectivity index (χ1n) is 8.99. The molecule has 1 amide bonds. The molecule has 5 nitrogen and oxygen atoms in total. The molecule has 1 aromatic rings. The lowest BCUT2D eigenvalue weighted by Gasteiger charge is -2.39. The van der Waals surface area contributed by atoms with Gasteiger partial charge in [0.25, 0.3) is 0 Å². The Balaban J connectivity index is 1.52. The molecule has 2 fully saturated rings. The van der Waals surface area contributed by atoms with Crippen LogP contribution >= 0.6 is 0 Å². The Bertz CT molecular complexity index is 543. The summed E-state index contributed by atoms with van der Waals surface area (Å²) in [6.07, 6.45) is -0.424. The summed E-state index contributed by atoms with van der Waals surface area (Å²) < 4.78 is 0. The molecule has 24 heavy (non-hydrogen) atoms. The molecular formula is C19H29N3O2. The fourth-order valence-electron chi connectivity index (χ4n) is 4.07. The Hall–Kier alpha value is -1.43. The summed E-state index contributed by atoms with van der Waals surface area (Å²) >= 11 is 0. The lowest BCUT2D eigenvalue weighted by molar-refractivity contribution is -0.130. The number of nitrogens with zero attached hydrogens (tertiary/aromatic N) is 3. The van der Waals surface area contributed by atoms with Gasteiger partial charge in [0.1, 0.15) is 0 Å². The maximum absolute atomic E-state index is 11.5. The minimum absolute atomic E-state index is 0.182. The third kappa shape index (κ3) is 3.97. The first-order valence-corrected chi connectivity index (χ1v) is 8.99. The van der Waals surface area contributed by atoms with E-state index in [0.29, 0.717) is 18.5 Å². The summed E-state index contributed by atoms with van der Waals surface area (Å²) in [7, 11) is 0. The zero-order valence-corrected chi connectivity index (χ0v) is 14.8. The SMILES string of the molecule is CC(=O)N1CCN([C@@H]2CN(C[C@H](O)c3ccccc3)C[C@@H]2C)CC1. The van der Waals surface area contributed by atoms with E-state index in [2.05, 4.69) is 16.7 Å². The predicted molar refractivity (Wildman–Crippen MR) is 94.6 cm³/mol. The number of carbonyl (C=O) groups excluding carboxylic acids is 1. The number of β-amino-alcohol motifs (C(OH)–C–C–N with tert-alkyl or cyclic N) is 1. The number of piperazine rings is 1. The van der Waals surface area contributed by atoms with Crippen LogP contribution in [0, 0.1) is 5.92 Å². The molecule has 0 radical (unpaired) electrons. The van der Waals surface area contributed by atoms with Crippen LogP contribution in [0.3, 0.4) is 0 Å². The van der Waals surface area contributed by atoms with Gasteiger partial charge in [-0.15, -0.1) is 0 Å². The second kappa shape index (κ2) is 7.64. The smallest absolute Gasteiger partial charge is 0.219 e. The molecule has 2 aliphatic rings. The van der Waals surface area contributed by atoms with E-state index in [-0.39, 0.29) is 5.91 Å². The molecule has 0 unspecified atom stereocenters. The maximum atomic E-state index is 11.5. The summed E-state index contributed by atoms with van der Waals surface area (Å²) in [4.78, 5) is 18.3. The van der Waals surface area contributed by atoms with Gasteiger partial charge < -0.3 is 10.0 Å². The predicted octanol–water partition coefficient (Wildman–Crippen LogP) is 1.20. The highest BCUT2D eigenvalue weighted by molar-refractivity contribution is 5.73. The zero-order chi connectivity index (χ0) is 17.1. The van der Waals surface area contributed by atoms with Crippen LogP contribution in [0.2, 0.25) is 0 Å². The molecule has 2 aliphatic heterocycles. The van der Waals surface area contributed by atoms with Gasteiger partial charge in [-0.2, -0.15) is 0 Å². The highest BCUT2D eigenvalue weighted by Gasteiger charge is 2.36. The molecule has 2 saturated heterocycles. The van der Waals surface area contributed by atoms with Gasteiger partial charge in [-0.3, -0.25) is 14.6 Å². The Morgan fingerprint density at radius 2 is 1.83 bits per heavy atom. The van der Waals surface area contributed by atoms with E-state index < -0.39 is 6.10 Å². The molecular weight excluding hydrogens is 302 g/mol. The third-order valence-electron chi connectivity index (χ3n) is 5.49. The van der Waals surface area contributed by atoms with Crippen molar-refractivity contribution < 1.29 is 9.90 Å². The number of hydrogen-bond donors (Lipinski definition) is 1. The van der Waals surface area contributed by atoms with Crippen LogP contribution in [0.15, 0.2) is 30.3 Å². The van der Waals surface area contributed by atoms with E-state index in [1.165, 1.54) is 0 Å². The standard InChI is InChI=1S/C19H29N3O2/c1-15-12-20(14-19(24)17-6-4-3-5-7-17)13-18(15)22-10-8-21(9-11-22)16(2)23/h3-7,15,18-19,24H,8-14H2,1-2H3/t15-,18+,19-/m0/s1. The first kappa shape index (κ1) is 17.4. The molecule has 0 spiro atoms. The minimum Gasteiger partial charge on any atom is -0.387 e. The van der Waals surface area contributed by atoms with Gasteiger partial charge in [-0.05, 0) is 11.5 Å². The molecule has 1 aromatic carbocycles. The number of aliphatic hydroxyl groups excluding tert-OH is 1. The average molecular weight is 331 g/mol. The Morgan fingerprint density at radius 1 is 1.17 bits per heavy atom. The van der Waals surface area contributed by atoms with Crippen LogP contribution in [-0.4, -0.2) is 77.6 Å². The van der Waals surface area contributed by atoms with Gasteiger partial charge in [-0.1, -0.05) is 37.3 Å². The zero-order valence-electron chi connectivity index (χ0n) is 14.8. The van der Waals surface area contributed by atoms with Crippen LogP contribution < -0.4 is 0 Å². The van der Waals surface area contributed by atoms with Crippen molar-refractivity contribution in [3.63, 3.8) is 0 Å². The van der Waals surface area contributed by atoms with Gasteiger partial charge in [0.2, 0.25) is 5.91 Å². The number of rotatable bonds is 4. The fourth-order valence-corrected chi connectivity index (χ4v) is 4.07. The van der Waals surface area contributed by atoms with Crippen molar-refractivity contribution in [3.05, 3.63) is 35.9 Å². The van der Waals surface area contributed by atoms with Crippen molar-refractivity contribution in [2.24, 2.45) is 5.92 Å². The van der Waals surface area contributed by atoms with Gasteiger partial charge in [0, 0.05) is 58.8 Å². The molecule has 0 aromatic heterocycles. The summed E-state index contributed by atoms with van der Waals surface area (Å²) in [5.41, 5.74) is 0.990. The summed E-state index contributed by atoms with van der Waals surface area (Å²) in [6.45, 7) is 10.3. The number of benzene rings is 1. The van der Waals surface area contributed by atoms with Crippen LogP contribution in [0.1, 0.15) is 25.5 Å². The topological polar surface area (TPSA) is 47.0 Å². The number of amides is 1. The van der Waals surface area contributed by atoms with E-state index >= 15 is 0 Å². The lowest BCUT2D eigenvalue weighted by Crippen LogP contribution is -2.53. The van der Waals surface area contributed by atoms with Gasteiger partial charge in [0.15, 0.2) is 0 Å². The molecule has 132 valence electrons. The van der Waals surface area contributed by atoms with Crippen molar-refractivity contribution in [1.29, 1.82) is 0 Å². The average Bonchev–Trinajstić information content (AvgIpc) is 2.96. The molecule has 2 heterocycles. The quantitative estimate of drug-likeness (QED) is 0.901. The van der Waals surface area contributed by atoms with E-state index in [1.807, 2.05) is 35.2 Å². The Kier molecular flexibility index (Phi) is 5.54. The number of hydrogen-bond acceptors (Lipinski definition) is 4. The number of carbonyl (C=O) groups is 1. The number of aliphatic hydroxyl groups is 1. The van der Waals surface area contributed by atoms with Gasteiger partial charge in [0.05, 0.1) is 6.10 Å². The minimum atomic E-state index is -0.424. The second-order valence-electron chi connectivity index (χ2n) is 7.23. The van der Waals surface area contributed by atoms with Crippen molar-refractivity contribution in [1.82, 2.24) is 14.7 Å². The lowest BCUT2D eigenvalue weighted by atomic mass is 10.0. The van der Waals surface area contributed by atoms with E-state index in [9.17, 15) is 9.90 Å². The highest BCUT2D eigenvalue weighted by atomic mass is 16.3. The van der Waals surface area contributed by atoms with Crippen molar-refractivity contribution in [3.8, 4) is 0 Å². The van der Waals surface area contributed by atoms with Crippen molar-refractivity contribution in [2.45, 2.75) is 26.0 Å². The van der Waals surface area contributed by atoms with E-state index in [4.69, 9.17) is 0 Å². The Labute approximate surface area is 144 Å². The molecule has 0 bridgehead atoms. The van der Waals surface area contributed by atoms with Gasteiger partial charge >= 0.3 is 0 Å². The molecule has 5 heteroatoms. The van der Waals surface area contributed by atoms with Crippen LogP contribution in [0.25, 0.3) is 0 Å². The van der Waals surface area contributed by atoms with Gasteiger partial charge in [-0.25, -0.2) is 0 Å². The molecule has 0 aliphatic carbocycles. The molecule has 3 atom stereocenters. The fraction of sp³-hybridized carbons (Fsp3) is 0.632. The molecule has 1 N–H and O–H groups in total. The number of likely N-dealkylation sites (tertiary alicyclic amines) is 1. The monoisotopic (exact) mass is 331 g/mol. The third-order valence-corrected chi connectivity index (χ3v) is 5.49. The summed E-state index contributed by atoms with van der Waals surface area (Å²) in [5, 5.41) is 10.5. The molecule has 0 saturated carbocycles. The summed E-state index contributed by atoms with van der Waals surface area (Å²) in [5.74, 6) is 0.776. The van der Waals surface area contributed by atoms with E-state index in [1.54, 1.807) is 6.92 Å². The largest absolute Gasteiger partial charge is 0.387 e. The highest BCUT2D eigenvalue weighted by Crippen LogP contribution is 2.25. The van der Waals surface area contributed by atoms with Crippen LogP contribution in [0.5, 0.6) is 0 Å². The van der Waals surface area contributed by atoms with E-state index in [0.717, 1.165) is 44.8 Å². The summed E-state index contributed by atoms with van der Waals surface area (Å²) in [6, 6.07) is 10.4. The van der Waals surface area contributed by atoms with Crippen molar-refractivity contribution in [2.75, 3.05) is 45.8 Å². The Morgan fingerprint density at radius 3 is 2.46 bits per heavy atom. The first-order chi connectivity index (χ1) is 11.5. The van der Waals surface area contributed by atoms with Crippen LogP contribution in [-0.2, 0) is 4.79 Å². The van der Waals surface area contributed by atoms with Crippen molar-refractivity contribution >= 4 is 5.91 Å². The van der Waals surface area contributed by atoms with Crippen LogP contribution in [0.4, 0.5) is 0 Å². The normalized spacial score (nSPS) is 27.4. The second-order valence-corrected chi connectivity index (χ2v) is 7.23. The molecule has 3 rings (SSSR count). The maximum Gasteiger partial charge on any atom is 0.219 e.